The summed E-state index contributed by atoms with van der Waals surface area (Å²) in [7, 11) is -6.84. The van der Waals surface area contributed by atoms with Gasteiger partial charge in [0.05, 0.1) is 31.3 Å². The molecule has 0 aromatic heterocycles. The van der Waals surface area contributed by atoms with Crippen LogP contribution in [0, 0.1) is 41.4 Å². The monoisotopic (exact) mass is 851 g/mol. The summed E-state index contributed by atoms with van der Waals surface area (Å²) in [5.41, 5.74) is 0. The molecule has 0 heterocycles. The first kappa shape index (κ1) is 51.6. The van der Waals surface area contributed by atoms with Crippen molar-refractivity contribution in [2.75, 3.05) is 7.11 Å². The SMILES string of the molecule is CCCC[C@H](C)C[C@@H](/C=C/[C@@H]1[C@@H](C(C#C[C@H]2CC[C@H](C(=O)OC)C2)O[Si](C)(C)C)[C@@H](O[Si](CC)(CC)CC)C[C@H]1O[Si](C)(C)C(C)(C)C)O[Si](C)(C)C(C)(C)C. The van der Waals surface area contributed by atoms with Gasteiger partial charge in [0.15, 0.2) is 33.3 Å². The van der Waals surface area contributed by atoms with E-state index >= 15 is 0 Å². The van der Waals surface area contributed by atoms with Gasteiger partial charge in [0, 0.05) is 17.8 Å². The number of carbonyl (C=O) groups is 1. The molecular weight excluding hydrogens is 761 g/mol. The Balaban J connectivity index is 2.87. The van der Waals surface area contributed by atoms with Crippen molar-refractivity contribution in [3.05, 3.63) is 12.2 Å². The molecule has 0 amide bonds. The van der Waals surface area contributed by atoms with Gasteiger partial charge in [0.1, 0.15) is 6.10 Å². The molecule has 0 aromatic rings. The molecule has 0 aromatic carbocycles. The normalized spacial score (nSPS) is 25.9. The van der Waals surface area contributed by atoms with Crippen LogP contribution in [-0.2, 0) is 27.2 Å². The summed E-state index contributed by atoms with van der Waals surface area (Å²) < 4.78 is 34.8. The summed E-state index contributed by atoms with van der Waals surface area (Å²) in [5, 5.41) is 0.182. The molecular formula is C46H90O6Si4. The number of rotatable bonds is 20. The molecule has 1 unspecified atom stereocenters. The molecule has 2 saturated carbocycles. The maximum atomic E-state index is 12.5. The third-order valence-electron chi connectivity index (χ3n) is 14.1. The van der Waals surface area contributed by atoms with Crippen molar-refractivity contribution in [2.24, 2.45) is 29.6 Å². The summed E-state index contributed by atoms with van der Waals surface area (Å²) in [5.74, 6) is 8.12. The Kier molecular flexibility index (Phi) is 19.7. The maximum absolute atomic E-state index is 12.5. The average molecular weight is 852 g/mol. The first-order valence-electron chi connectivity index (χ1n) is 22.7. The number of carbonyl (C=O) groups excluding carboxylic acids is 1. The minimum atomic E-state index is -2.17. The average Bonchev–Trinajstić information content (AvgIpc) is 3.69. The van der Waals surface area contributed by atoms with Gasteiger partial charge in [0.2, 0.25) is 0 Å². The van der Waals surface area contributed by atoms with E-state index in [1.807, 2.05) is 0 Å². The zero-order valence-corrected chi connectivity index (χ0v) is 44.1. The van der Waals surface area contributed by atoms with Crippen LogP contribution < -0.4 is 0 Å². The van der Waals surface area contributed by atoms with Crippen LogP contribution in [0.15, 0.2) is 12.2 Å². The van der Waals surface area contributed by atoms with E-state index < -0.39 is 33.3 Å². The predicted octanol–water partition coefficient (Wildman–Crippen LogP) is 13.4. The molecule has 0 saturated heterocycles. The second kappa shape index (κ2) is 21.3. The van der Waals surface area contributed by atoms with Gasteiger partial charge in [-0.05, 0) is 112 Å². The fraction of sp³-hybridized carbons (Fsp3) is 0.891. The van der Waals surface area contributed by atoms with Gasteiger partial charge in [-0.2, -0.15) is 0 Å². The van der Waals surface area contributed by atoms with E-state index in [-0.39, 0.29) is 64.1 Å². The first-order chi connectivity index (χ1) is 25.7. The Bertz CT molecular complexity index is 1290. The highest BCUT2D eigenvalue weighted by atomic mass is 28.4. The molecule has 10 heteroatoms. The minimum absolute atomic E-state index is 0.00448. The number of ether oxygens (including phenoxy) is 1. The standard InChI is InChI=1S/C46H90O6Si4/c1-20-24-25-35(5)32-38(49-54(16,17)45(6,7)8)29-30-39-41(51-55(18,19)46(9,10)11)34-42(52-56(21-2,22-3)23-4)43(39)40(50-53(13,14)15)31-27-36-26-28-37(33-36)44(47)48-12/h29-30,35-43H,20-26,28,32-34H2,1-19H3/b30-29+/t35-,36+,37-,38+,39-,40?,41+,42-,43-/m0/s1. The number of esters is 1. The topological polar surface area (TPSA) is 63.2 Å². The van der Waals surface area contributed by atoms with Crippen LogP contribution in [0.25, 0.3) is 0 Å². The lowest BCUT2D eigenvalue weighted by atomic mass is 9.87. The minimum Gasteiger partial charge on any atom is -0.469 e. The zero-order chi connectivity index (χ0) is 42.9. The lowest BCUT2D eigenvalue weighted by molar-refractivity contribution is -0.145. The lowest BCUT2D eigenvalue weighted by Crippen LogP contribution is -2.47. The molecule has 0 aliphatic heterocycles. The lowest BCUT2D eigenvalue weighted by Gasteiger charge is -2.41. The van der Waals surface area contributed by atoms with Crippen molar-refractivity contribution in [2.45, 2.75) is 226 Å². The number of unbranched alkanes of at least 4 members (excludes halogenated alkanes) is 1. The molecule has 326 valence electrons. The molecule has 2 rings (SSSR count). The quantitative estimate of drug-likeness (QED) is 0.0526. The Morgan fingerprint density at radius 2 is 1.39 bits per heavy atom. The third kappa shape index (κ3) is 14.9. The van der Waals surface area contributed by atoms with E-state index in [0.29, 0.717) is 5.92 Å². The number of hydrogen-bond acceptors (Lipinski definition) is 6. The van der Waals surface area contributed by atoms with Crippen LogP contribution in [0.2, 0.25) is 74.0 Å². The Hall–Kier alpha value is -0.522. The zero-order valence-electron chi connectivity index (χ0n) is 40.1. The van der Waals surface area contributed by atoms with Gasteiger partial charge in [-0.1, -0.05) is 119 Å². The molecule has 6 nitrogen and oxygen atoms in total. The second-order valence-electron chi connectivity index (χ2n) is 21.7. The van der Waals surface area contributed by atoms with E-state index in [0.717, 1.165) is 50.2 Å². The third-order valence-corrected chi connectivity index (χ3v) is 28.7. The van der Waals surface area contributed by atoms with Crippen molar-refractivity contribution in [1.29, 1.82) is 0 Å². The van der Waals surface area contributed by atoms with Crippen LogP contribution in [0.3, 0.4) is 0 Å². The Morgan fingerprint density at radius 3 is 1.89 bits per heavy atom. The van der Waals surface area contributed by atoms with Crippen molar-refractivity contribution in [3.8, 4) is 11.8 Å². The highest BCUT2D eigenvalue weighted by Crippen LogP contribution is 2.48. The van der Waals surface area contributed by atoms with Gasteiger partial charge in [-0.3, -0.25) is 4.79 Å². The largest absolute Gasteiger partial charge is 0.469 e. The Labute approximate surface area is 351 Å². The second-order valence-corrected chi connectivity index (χ2v) is 40.4. The molecule has 9 atom stereocenters. The summed E-state index contributed by atoms with van der Waals surface area (Å²) in [4.78, 5) is 12.5. The van der Waals surface area contributed by atoms with Crippen LogP contribution in [0.4, 0.5) is 0 Å². The van der Waals surface area contributed by atoms with Crippen molar-refractivity contribution in [1.82, 2.24) is 0 Å². The molecule has 2 fully saturated rings. The number of hydrogen-bond donors (Lipinski definition) is 0. The molecule has 2 aliphatic carbocycles. The Morgan fingerprint density at radius 1 is 0.804 bits per heavy atom. The van der Waals surface area contributed by atoms with Gasteiger partial charge in [0.25, 0.3) is 0 Å². The van der Waals surface area contributed by atoms with Crippen LogP contribution in [0.5, 0.6) is 0 Å². The fourth-order valence-corrected chi connectivity index (χ4v) is 14.7. The van der Waals surface area contributed by atoms with Crippen molar-refractivity contribution < 1.29 is 27.2 Å². The van der Waals surface area contributed by atoms with E-state index in [1.54, 1.807) is 0 Å². The summed E-state index contributed by atoms with van der Waals surface area (Å²) in [6, 6.07) is 3.29. The van der Waals surface area contributed by atoms with Crippen LogP contribution >= 0.6 is 0 Å². The van der Waals surface area contributed by atoms with E-state index in [4.69, 9.17) is 22.4 Å². The molecule has 0 spiro atoms. The highest BCUT2D eigenvalue weighted by molar-refractivity contribution is 6.75. The smallest absolute Gasteiger partial charge is 0.308 e. The molecule has 56 heavy (non-hydrogen) atoms. The predicted molar refractivity (Wildman–Crippen MR) is 249 cm³/mol. The van der Waals surface area contributed by atoms with Crippen LogP contribution in [-0.4, -0.2) is 70.8 Å². The maximum Gasteiger partial charge on any atom is 0.308 e. The van der Waals surface area contributed by atoms with Gasteiger partial charge >= 0.3 is 5.97 Å². The number of methoxy groups -OCH3 is 1. The van der Waals surface area contributed by atoms with Gasteiger partial charge < -0.3 is 22.4 Å². The molecule has 0 radical (unpaired) electrons. The first-order valence-corrected chi connectivity index (χ1v) is 34.4. The van der Waals surface area contributed by atoms with E-state index in [9.17, 15) is 4.79 Å². The van der Waals surface area contributed by atoms with Gasteiger partial charge in [-0.25, -0.2) is 0 Å². The highest BCUT2D eigenvalue weighted by Gasteiger charge is 2.53. The molecule has 0 bridgehead atoms. The van der Waals surface area contributed by atoms with Crippen molar-refractivity contribution >= 4 is 39.2 Å². The van der Waals surface area contributed by atoms with E-state index in [2.05, 4.69) is 146 Å². The summed E-state index contributed by atoms with van der Waals surface area (Å²) in [6.07, 6.45) is 12.7. The summed E-state index contributed by atoms with van der Waals surface area (Å²) in [6.45, 7) is 42.2. The molecule has 0 N–H and O–H groups in total. The van der Waals surface area contributed by atoms with Crippen LogP contribution in [0.1, 0.15) is 128 Å². The molecule has 2 aliphatic rings. The van der Waals surface area contributed by atoms with Gasteiger partial charge in [-0.15, -0.1) is 0 Å². The van der Waals surface area contributed by atoms with Crippen molar-refractivity contribution in [3.63, 3.8) is 0 Å². The van der Waals surface area contributed by atoms with E-state index in [1.165, 1.54) is 26.4 Å². The summed E-state index contributed by atoms with van der Waals surface area (Å²) >= 11 is 0. The fourth-order valence-electron chi connectivity index (χ4n) is 8.14.